The summed E-state index contributed by atoms with van der Waals surface area (Å²) in [6.45, 7) is 2.02. The lowest BCUT2D eigenvalue weighted by Gasteiger charge is -2.10. The summed E-state index contributed by atoms with van der Waals surface area (Å²) in [5.41, 5.74) is 2.21. The summed E-state index contributed by atoms with van der Waals surface area (Å²) in [6.07, 6.45) is 0. The van der Waals surface area contributed by atoms with Crippen molar-refractivity contribution in [1.29, 1.82) is 0 Å². The summed E-state index contributed by atoms with van der Waals surface area (Å²) in [5.74, 6) is 0. The highest BCUT2D eigenvalue weighted by Crippen LogP contribution is 2.33. The Balaban J connectivity index is 1.87. The van der Waals surface area contributed by atoms with Crippen LogP contribution in [0.1, 0.15) is 5.56 Å². The first-order chi connectivity index (χ1) is 15.7. The Bertz CT molecular complexity index is 1630. The second-order valence-electron chi connectivity index (χ2n) is 7.22. The molecule has 33 heavy (non-hydrogen) atoms. The van der Waals surface area contributed by atoms with Crippen molar-refractivity contribution in [1.82, 2.24) is 0 Å². The number of azo groups is 1. The molecule has 0 aliphatic heterocycles. The summed E-state index contributed by atoms with van der Waals surface area (Å²) in [4.78, 5) is -0.599. The van der Waals surface area contributed by atoms with Gasteiger partial charge in [0.25, 0.3) is 20.2 Å². The number of benzene rings is 4. The number of aryl methyl sites for hydroxylation is 1. The van der Waals surface area contributed by atoms with Gasteiger partial charge in [-0.05, 0) is 53.6 Å². The van der Waals surface area contributed by atoms with E-state index in [4.69, 9.17) is 0 Å². The second-order valence-corrected chi connectivity index (χ2v) is 10.6. The Morgan fingerprint density at radius 1 is 0.697 bits per heavy atom. The number of fused-ring (bicyclic) bond motifs is 2. The number of hydrogen-bond acceptors (Lipinski definition) is 8. The lowest BCUT2D eigenvalue weighted by Crippen LogP contribution is -2.08. The molecule has 0 unspecified atom stereocenters. The largest absolute Gasteiger partial charge is 0.297 e. The van der Waals surface area contributed by atoms with Gasteiger partial charge in [0.05, 0.1) is 30.5 Å². The number of hydrogen-bond donors (Lipinski definition) is 0. The average Bonchev–Trinajstić information content (AvgIpc) is 2.82. The van der Waals surface area contributed by atoms with Crippen LogP contribution in [0.15, 0.2) is 86.7 Å². The third-order valence-electron chi connectivity index (χ3n) is 5.26. The minimum Gasteiger partial charge on any atom is -0.270 e. The van der Waals surface area contributed by atoms with Crippen LogP contribution < -0.4 is 0 Å². The molecule has 8 nitrogen and oxygen atoms in total. The van der Waals surface area contributed by atoms with Gasteiger partial charge in [0.15, 0.2) is 0 Å². The van der Waals surface area contributed by atoms with Gasteiger partial charge >= 0.3 is 0 Å². The summed E-state index contributed by atoms with van der Waals surface area (Å²) in [7, 11) is -6.33. The maximum Gasteiger partial charge on any atom is 0.297 e. The molecule has 10 heteroatoms. The third kappa shape index (κ3) is 4.38. The van der Waals surface area contributed by atoms with E-state index in [-0.39, 0.29) is 15.2 Å². The van der Waals surface area contributed by atoms with Gasteiger partial charge in [-0.3, -0.25) is 8.37 Å². The Morgan fingerprint density at radius 3 is 2.09 bits per heavy atom. The zero-order valence-electron chi connectivity index (χ0n) is 18.0. The molecule has 4 aromatic rings. The van der Waals surface area contributed by atoms with Crippen LogP contribution in [-0.4, -0.2) is 31.1 Å². The van der Waals surface area contributed by atoms with Crippen molar-refractivity contribution in [3.63, 3.8) is 0 Å². The van der Waals surface area contributed by atoms with E-state index in [2.05, 4.69) is 18.6 Å². The van der Waals surface area contributed by atoms with Crippen molar-refractivity contribution >= 4 is 53.2 Å². The first kappa shape index (κ1) is 23.0. The van der Waals surface area contributed by atoms with Crippen molar-refractivity contribution in [3.05, 3.63) is 72.3 Å². The van der Waals surface area contributed by atoms with Gasteiger partial charge in [0.2, 0.25) is 0 Å². The lowest BCUT2D eigenvalue weighted by molar-refractivity contribution is 0.396. The Hall–Kier alpha value is -3.18. The van der Waals surface area contributed by atoms with Crippen LogP contribution in [0, 0.1) is 6.92 Å². The number of nitrogens with zero attached hydrogens (tertiary/aromatic N) is 2. The average molecular weight is 485 g/mol. The lowest BCUT2D eigenvalue weighted by atomic mass is 10.0. The van der Waals surface area contributed by atoms with Gasteiger partial charge in [-0.25, -0.2) is 0 Å². The molecular formula is C23H20N2O6S2. The van der Waals surface area contributed by atoms with E-state index in [1.807, 2.05) is 43.3 Å². The van der Waals surface area contributed by atoms with E-state index in [1.165, 1.54) is 12.1 Å². The van der Waals surface area contributed by atoms with Crippen LogP contribution in [0.5, 0.6) is 0 Å². The van der Waals surface area contributed by atoms with Crippen molar-refractivity contribution < 1.29 is 25.2 Å². The Labute approximate surface area is 191 Å². The van der Waals surface area contributed by atoms with E-state index in [9.17, 15) is 16.8 Å². The van der Waals surface area contributed by atoms with Crippen LogP contribution in [0.2, 0.25) is 0 Å². The molecule has 0 amide bonds. The molecule has 0 saturated heterocycles. The zero-order valence-corrected chi connectivity index (χ0v) is 19.6. The molecule has 0 aliphatic carbocycles. The van der Waals surface area contributed by atoms with E-state index in [1.54, 1.807) is 12.1 Å². The molecule has 0 spiro atoms. The molecule has 0 aromatic heterocycles. The molecule has 4 aromatic carbocycles. The monoisotopic (exact) mass is 484 g/mol. The fourth-order valence-corrected chi connectivity index (χ4v) is 5.23. The van der Waals surface area contributed by atoms with Gasteiger partial charge in [0.1, 0.15) is 4.90 Å². The van der Waals surface area contributed by atoms with Gasteiger partial charge in [-0.1, -0.05) is 36.4 Å². The third-order valence-corrected chi connectivity index (χ3v) is 7.83. The molecule has 0 atom stereocenters. The second kappa shape index (κ2) is 8.64. The standard InChI is InChI=1S/C23H20N2O6S2/c1-15-8-11-22(21-7-5-4-6-19(15)21)25-24-17-9-10-20-16(12-17)13-18(32(26,27)30-2)14-23(20)33(28,29)31-3/h4-14H,1-3H3. The molecule has 0 saturated carbocycles. The van der Waals surface area contributed by atoms with E-state index >= 15 is 0 Å². The quantitative estimate of drug-likeness (QED) is 0.268. The molecular weight excluding hydrogens is 464 g/mol. The minimum absolute atomic E-state index is 0.284. The summed E-state index contributed by atoms with van der Waals surface area (Å²) in [6, 6.07) is 18.7. The highest BCUT2D eigenvalue weighted by molar-refractivity contribution is 7.87. The molecule has 170 valence electrons. The first-order valence-electron chi connectivity index (χ1n) is 9.75. The fraction of sp³-hybridized carbons (Fsp3) is 0.130. The SMILES string of the molecule is COS(=O)(=O)c1cc(S(=O)(=O)OC)c2ccc(N=Nc3ccc(C)c4ccccc34)cc2c1. The van der Waals surface area contributed by atoms with Crippen molar-refractivity contribution in [2.75, 3.05) is 14.2 Å². The molecule has 0 N–H and O–H groups in total. The topological polar surface area (TPSA) is 111 Å². The van der Waals surface area contributed by atoms with Gasteiger partial charge < -0.3 is 0 Å². The van der Waals surface area contributed by atoms with E-state index in [0.29, 0.717) is 16.8 Å². The van der Waals surface area contributed by atoms with Crippen LogP contribution >= 0.6 is 0 Å². The summed E-state index contributed by atoms with van der Waals surface area (Å²) < 4.78 is 58.5. The molecule has 4 rings (SSSR count). The predicted octanol–water partition coefficient (Wildman–Crippen LogP) is 5.39. The summed E-state index contributed by atoms with van der Waals surface area (Å²) in [5, 5.41) is 11.3. The van der Waals surface area contributed by atoms with Gasteiger partial charge in [0, 0.05) is 10.8 Å². The maximum atomic E-state index is 12.4. The van der Waals surface area contributed by atoms with Crippen LogP contribution in [-0.2, 0) is 28.6 Å². The molecule has 0 heterocycles. The maximum absolute atomic E-state index is 12.4. The van der Waals surface area contributed by atoms with E-state index < -0.39 is 20.2 Å². The fourth-order valence-electron chi connectivity index (χ4n) is 3.53. The first-order valence-corrected chi connectivity index (χ1v) is 12.6. The molecule has 0 radical (unpaired) electrons. The summed E-state index contributed by atoms with van der Waals surface area (Å²) >= 11 is 0. The normalized spacial score (nSPS) is 12.7. The highest BCUT2D eigenvalue weighted by atomic mass is 32.2. The minimum atomic E-state index is -4.19. The van der Waals surface area contributed by atoms with Crippen molar-refractivity contribution in [2.24, 2.45) is 10.2 Å². The predicted molar refractivity (Wildman–Crippen MR) is 125 cm³/mol. The van der Waals surface area contributed by atoms with Gasteiger partial charge in [-0.15, -0.1) is 5.11 Å². The Kier molecular flexibility index (Phi) is 6.02. The van der Waals surface area contributed by atoms with Gasteiger partial charge in [-0.2, -0.15) is 21.9 Å². The Morgan fingerprint density at radius 2 is 1.39 bits per heavy atom. The van der Waals surface area contributed by atoms with Crippen LogP contribution in [0.3, 0.4) is 0 Å². The molecule has 0 aliphatic rings. The van der Waals surface area contributed by atoms with Crippen LogP contribution in [0.25, 0.3) is 21.5 Å². The van der Waals surface area contributed by atoms with Crippen LogP contribution in [0.4, 0.5) is 11.4 Å². The van der Waals surface area contributed by atoms with Crippen molar-refractivity contribution in [3.8, 4) is 0 Å². The number of rotatable bonds is 6. The zero-order chi connectivity index (χ0) is 23.8. The molecule has 0 bridgehead atoms. The molecule has 0 fully saturated rings. The smallest absolute Gasteiger partial charge is 0.270 e. The highest BCUT2D eigenvalue weighted by Gasteiger charge is 2.23. The van der Waals surface area contributed by atoms with Crippen molar-refractivity contribution in [2.45, 2.75) is 16.7 Å². The van der Waals surface area contributed by atoms with E-state index in [0.717, 1.165) is 36.6 Å².